The van der Waals surface area contributed by atoms with Crippen LogP contribution in [-0.4, -0.2) is 5.11 Å². The molecule has 3 aromatic rings. The van der Waals surface area contributed by atoms with Crippen LogP contribution >= 0.6 is 11.8 Å². The minimum Gasteiger partial charge on any atom is -0.502 e. The average molecular weight is 323 g/mol. The van der Waals surface area contributed by atoms with Gasteiger partial charge in [-0.3, -0.25) is 4.79 Å². The van der Waals surface area contributed by atoms with E-state index in [-0.39, 0.29) is 5.75 Å². The first-order valence-electron chi connectivity index (χ1n) is 7.16. The third kappa shape index (κ3) is 2.49. The highest BCUT2D eigenvalue weighted by atomic mass is 32.2. The van der Waals surface area contributed by atoms with Crippen LogP contribution in [0.4, 0.5) is 11.4 Å². The van der Waals surface area contributed by atoms with Gasteiger partial charge in [0.15, 0.2) is 5.75 Å². The van der Waals surface area contributed by atoms with Crippen molar-refractivity contribution in [2.75, 3.05) is 4.90 Å². The molecule has 0 amide bonds. The Hall–Kier alpha value is -2.66. The van der Waals surface area contributed by atoms with E-state index in [0.29, 0.717) is 12.3 Å². The second kappa shape index (κ2) is 5.52. The van der Waals surface area contributed by atoms with Crippen molar-refractivity contribution in [2.24, 2.45) is 0 Å². The first-order chi connectivity index (χ1) is 11.2. The minimum atomic E-state index is -0.431. The molecule has 2 heterocycles. The molecule has 0 radical (unpaired) electrons. The maximum atomic E-state index is 11.6. The number of anilines is 2. The molecule has 1 aliphatic rings. The predicted molar refractivity (Wildman–Crippen MR) is 89.5 cm³/mol. The summed E-state index contributed by atoms with van der Waals surface area (Å²) < 4.78 is 5.37. The van der Waals surface area contributed by atoms with Crippen LogP contribution in [0, 0.1) is 0 Å². The summed E-state index contributed by atoms with van der Waals surface area (Å²) in [6.07, 6.45) is 1.09. The molecule has 0 bridgehead atoms. The molecule has 0 aliphatic carbocycles. The van der Waals surface area contributed by atoms with Crippen LogP contribution in [0.25, 0.3) is 0 Å². The van der Waals surface area contributed by atoms with Crippen molar-refractivity contribution in [3.63, 3.8) is 0 Å². The average Bonchev–Trinajstić information content (AvgIpc) is 2.58. The normalized spacial score (nSPS) is 12.6. The van der Waals surface area contributed by atoms with Crippen molar-refractivity contribution < 1.29 is 9.52 Å². The van der Waals surface area contributed by atoms with Gasteiger partial charge in [-0.05, 0) is 24.3 Å². The van der Waals surface area contributed by atoms with Gasteiger partial charge in [0.2, 0.25) is 5.43 Å². The van der Waals surface area contributed by atoms with Gasteiger partial charge < -0.3 is 14.4 Å². The maximum absolute atomic E-state index is 11.6. The molecule has 0 saturated heterocycles. The van der Waals surface area contributed by atoms with Crippen LogP contribution in [-0.2, 0) is 6.54 Å². The lowest BCUT2D eigenvalue weighted by atomic mass is 10.2. The number of rotatable bonds is 2. The zero-order valence-electron chi connectivity index (χ0n) is 12.1. The van der Waals surface area contributed by atoms with Gasteiger partial charge in [-0.1, -0.05) is 36.0 Å². The van der Waals surface area contributed by atoms with Crippen molar-refractivity contribution >= 4 is 23.1 Å². The van der Waals surface area contributed by atoms with E-state index in [1.165, 1.54) is 6.07 Å². The minimum absolute atomic E-state index is 0.372. The summed E-state index contributed by atoms with van der Waals surface area (Å²) in [7, 11) is 0. The van der Waals surface area contributed by atoms with Gasteiger partial charge in [0.1, 0.15) is 12.0 Å². The Morgan fingerprint density at radius 1 is 1.00 bits per heavy atom. The summed E-state index contributed by atoms with van der Waals surface area (Å²) in [5.74, 6) is 0.132. The molecule has 1 N–H and O–H groups in total. The lowest BCUT2D eigenvalue weighted by molar-refractivity contribution is 0.413. The van der Waals surface area contributed by atoms with E-state index in [1.54, 1.807) is 11.8 Å². The Balaban J connectivity index is 1.81. The predicted octanol–water partition coefficient (Wildman–Crippen LogP) is 4.15. The molecule has 0 fully saturated rings. The van der Waals surface area contributed by atoms with Crippen molar-refractivity contribution in [1.29, 1.82) is 0 Å². The quantitative estimate of drug-likeness (QED) is 0.768. The van der Waals surface area contributed by atoms with Gasteiger partial charge in [0.25, 0.3) is 0 Å². The fourth-order valence-electron chi connectivity index (χ4n) is 2.63. The zero-order chi connectivity index (χ0) is 15.8. The number of aromatic hydroxyl groups is 1. The SMILES string of the molecule is O=c1cc(CN2c3ccccc3Sc3ccccc32)occ1O. The summed E-state index contributed by atoms with van der Waals surface area (Å²) in [4.78, 5) is 16.1. The van der Waals surface area contributed by atoms with E-state index >= 15 is 0 Å². The van der Waals surface area contributed by atoms with E-state index in [4.69, 9.17) is 4.42 Å². The third-order valence-corrected chi connectivity index (χ3v) is 4.84. The molecule has 0 unspecified atom stereocenters. The summed E-state index contributed by atoms with van der Waals surface area (Å²) >= 11 is 1.73. The van der Waals surface area contributed by atoms with Crippen LogP contribution in [0.2, 0.25) is 0 Å². The molecule has 1 aliphatic heterocycles. The van der Waals surface area contributed by atoms with Crippen LogP contribution in [0.1, 0.15) is 5.76 Å². The van der Waals surface area contributed by atoms with Crippen molar-refractivity contribution in [1.82, 2.24) is 0 Å². The fraction of sp³-hybridized carbons (Fsp3) is 0.0556. The lowest BCUT2D eigenvalue weighted by Crippen LogP contribution is -2.20. The maximum Gasteiger partial charge on any atom is 0.226 e. The largest absolute Gasteiger partial charge is 0.502 e. The highest BCUT2D eigenvalue weighted by molar-refractivity contribution is 7.99. The smallest absolute Gasteiger partial charge is 0.226 e. The molecule has 1 aromatic heterocycles. The molecule has 114 valence electrons. The molecule has 2 aromatic carbocycles. The van der Waals surface area contributed by atoms with Crippen LogP contribution < -0.4 is 10.3 Å². The van der Waals surface area contributed by atoms with Crippen molar-refractivity contribution in [2.45, 2.75) is 16.3 Å². The number of para-hydroxylation sites is 2. The molecule has 4 nitrogen and oxygen atoms in total. The number of fused-ring (bicyclic) bond motifs is 2. The van der Waals surface area contributed by atoms with Gasteiger partial charge in [-0.25, -0.2) is 0 Å². The van der Waals surface area contributed by atoms with Crippen LogP contribution in [0.5, 0.6) is 5.75 Å². The van der Waals surface area contributed by atoms with Crippen molar-refractivity contribution in [3.05, 3.63) is 76.8 Å². The van der Waals surface area contributed by atoms with E-state index in [2.05, 4.69) is 29.2 Å². The Labute approximate surface area is 137 Å². The summed E-state index contributed by atoms with van der Waals surface area (Å²) in [5, 5.41) is 9.34. The first kappa shape index (κ1) is 14.0. The summed E-state index contributed by atoms with van der Waals surface area (Å²) in [5.41, 5.74) is 1.72. The fourth-order valence-corrected chi connectivity index (χ4v) is 3.73. The molecular formula is C18H13NO3S. The molecule has 23 heavy (non-hydrogen) atoms. The Morgan fingerprint density at radius 3 is 2.22 bits per heavy atom. The molecule has 0 spiro atoms. The summed E-state index contributed by atoms with van der Waals surface area (Å²) in [6, 6.07) is 17.6. The molecular weight excluding hydrogens is 310 g/mol. The molecule has 0 atom stereocenters. The number of hydrogen-bond donors (Lipinski definition) is 1. The van der Waals surface area contributed by atoms with E-state index in [9.17, 15) is 9.90 Å². The van der Waals surface area contributed by atoms with Crippen LogP contribution in [0.3, 0.4) is 0 Å². The highest BCUT2D eigenvalue weighted by Crippen LogP contribution is 2.48. The van der Waals surface area contributed by atoms with Crippen molar-refractivity contribution in [3.8, 4) is 5.75 Å². The second-order valence-electron chi connectivity index (χ2n) is 5.22. The van der Waals surface area contributed by atoms with Gasteiger partial charge in [0.05, 0.1) is 17.9 Å². The van der Waals surface area contributed by atoms with E-state index < -0.39 is 5.43 Å². The second-order valence-corrected chi connectivity index (χ2v) is 6.30. The third-order valence-electron chi connectivity index (χ3n) is 3.71. The molecule has 4 rings (SSSR count). The Morgan fingerprint density at radius 2 is 1.61 bits per heavy atom. The topological polar surface area (TPSA) is 53.7 Å². The number of nitrogens with zero attached hydrogens (tertiary/aromatic N) is 1. The Bertz CT molecular complexity index is 890. The van der Waals surface area contributed by atoms with Gasteiger partial charge >= 0.3 is 0 Å². The molecule has 0 saturated carbocycles. The van der Waals surface area contributed by atoms with E-state index in [1.807, 2.05) is 24.3 Å². The summed E-state index contributed by atoms with van der Waals surface area (Å²) in [6.45, 7) is 0.421. The monoisotopic (exact) mass is 323 g/mol. The Kier molecular flexibility index (Phi) is 3.35. The van der Waals surface area contributed by atoms with E-state index in [0.717, 1.165) is 27.4 Å². The highest BCUT2D eigenvalue weighted by Gasteiger charge is 2.23. The van der Waals surface area contributed by atoms with Gasteiger partial charge in [0, 0.05) is 15.9 Å². The standard InChI is InChI=1S/C18H13NO3S/c20-15-9-12(22-11-16(15)21)10-19-13-5-1-3-7-17(13)23-18-8-4-2-6-14(18)19/h1-9,11,21H,10H2. The van der Waals surface area contributed by atoms with Gasteiger partial charge in [-0.15, -0.1) is 0 Å². The number of benzene rings is 2. The first-order valence-corrected chi connectivity index (χ1v) is 7.98. The van der Waals surface area contributed by atoms with Gasteiger partial charge in [-0.2, -0.15) is 0 Å². The molecule has 5 heteroatoms. The zero-order valence-corrected chi connectivity index (χ0v) is 12.9. The number of hydrogen-bond acceptors (Lipinski definition) is 5. The lowest BCUT2D eigenvalue weighted by Gasteiger charge is -2.32. The van der Waals surface area contributed by atoms with Crippen LogP contribution in [0.15, 0.2) is 79.9 Å².